The van der Waals surface area contributed by atoms with Crippen molar-refractivity contribution in [3.63, 3.8) is 0 Å². The van der Waals surface area contributed by atoms with Crippen molar-refractivity contribution < 1.29 is 4.79 Å². The maximum absolute atomic E-state index is 11.9. The molecule has 4 N–H and O–H groups in total. The van der Waals surface area contributed by atoms with E-state index in [2.05, 4.69) is 20.5 Å². The van der Waals surface area contributed by atoms with Crippen molar-refractivity contribution in [3.05, 3.63) is 35.0 Å². The summed E-state index contributed by atoms with van der Waals surface area (Å²) in [5.41, 5.74) is 6.51. The van der Waals surface area contributed by atoms with Crippen LogP contribution in [-0.2, 0) is 0 Å². The molecule has 0 saturated carbocycles. The van der Waals surface area contributed by atoms with E-state index in [9.17, 15) is 4.79 Å². The van der Waals surface area contributed by atoms with Gasteiger partial charge in [0.15, 0.2) is 5.13 Å². The molecule has 0 radical (unpaired) electrons. The standard InChI is InChI=1S/C11H8ClN5OS/c12-5-1-2-6-8(3-5)19-11(14-6)15-10(18)7-4-9(13)17-16-7/h1-4H,(H3,13,16,17)(H,14,15,18). The number of aromatic nitrogens is 3. The van der Waals surface area contributed by atoms with Crippen LogP contribution in [0.2, 0.25) is 5.02 Å². The molecule has 1 amide bonds. The number of nitrogen functional groups attached to an aromatic ring is 1. The number of carbonyl (C=O) groups excluding carboxylic acids is 1. The zero-order valence-corrected chi connectivity index (χ0v) is 11.0. The molecule has 2 aromatic heterocycles. The number of nitrogens with one attached hydrogen (secondary N) is 2. The topological polar surface area (TPSA) is 96.7 Å². The Balaban J connectivity index is 1.87. The predicted molar refractivity (Wildman–Crippen MR) is 75.6 cm³/mol. The number of amides is 1. The summed E-state index contributed by atoms with van der Waals surface area (Å²) >= 11 is 7.24. The number of thiazole rings is 1. The third kappa shape index (κ3) is 2.38. The van der Waals surface area contributed by atoms with Crippen LogP contribution in [-0.4, -0.2) is 21.1 Å². The lowest BCUT2D eigenvalue weighted by Gasteiger charge is -1.96. The van der Waals surface area contributed by atoms with Gasteiger partial charge in [0.2, 0.25) is 0 Å². The molecule has 0 aliphatic carbocycles. The molecule has 0 aliphatic heterocycles. The van der Waals surface area contributed by atoms with Gasteiger partial charge in [-0.3, -0.25) is 15.2 Å². The molecule has 0 spiro atoms. The number of hydrogen-bond acceptors (Lipinski definition) is 5. The van der Waals surface area contributed by atoms with Gasteiger partial charge in [0, 0.05) is 11.1 Å². The summed E-state index contributed by atoms with van der Waals surface area (Å²) in [4.78, 5) is 16.2. The fourth-order valence-electron chi connectivity index (χ4n) is 1.57. The predicted octanol–water partition coefficient (Wildman–Crippen LogP) is 2.51. The Morgan fingerprint density at radius 1 is 1.42 bits per heavy atom. The van der Waals surface area contributed by atoms with E-state index in [1.807, 2.05) is 0 Å². The molecule has 3 aromatic rings. The number of aromatic amines is 1. The normalized spacial score (nSPS) is 10.8. The van der Waals surface area contributed by atoms with E-state index < -0.39 is 0 Å². The van der Waals surface area contributed by atoms with Gasteiger partial charge in [0.25, 0.3) is 5.91 Å². The molecule has 0 unspecified atom stereocenters. The Kier molecular flexibility index (Phi) is 2.84. The van der Waals surface area contributed by atoms with E-state index in [4.69, 9.17) is 17.3 Å². The van der Waals surface area contributed by atoms with Gasteiger partial charge in [-0.25, -0.2) is 4.98 Å². The second kappa shape index (κ2) is 4.52. The molecule has 2 heterocycles. The van der Waals surface area contributed by atoms with E-state index in [0.29, 0.717) is 10.2 Å². The smallest absolute Gasteiger partial charge is 0.275 e. The van der Waals surface area contributed by atoms with Crippen molar-refractivity contribution in [3.8, 4) is 0 Å². The second-order valence-corrected chi connectivity index (χ2v) is 5.26. The lowest BCUT2D eigenvalue weighted by Crippen LogP contribution is -2.12. The van der Waals surface area contributed by atoms with Gasteiger partial charge in [0.1, 0.15) is 11.5 Å². The Hall–Kier alpha value is -2.12. The van der Waals surface area contributed by atoms with E-state index in [1.165, 1.54) is 17.4 Å². The van der Waals surface area contributed by atoms with E-state index in [1.54, 1.807) is 18.2 Å². The van der Waals surface area contributed by atoms with E-state index in [0.717, 1.165) is 10.2 Å². The summed E-state index contributed by atoms with van der Waals surface area (Å²) in [6, 6.07) is 6.82. The summed E-state index contributed by atoms with van der Waals surface area (Å²) in [5.74, 6) is -0.0735. The fraction of sp³-hybridized carbons (Fsp3) is 0. The minimum absolute atomic E-state index is 0.265. The van der Waals surface area contributed by atoms with Crippen LogP contribution in [0.4, 0.5) is 10.9 Å². The third-order valence-corrected chi connectivity index (χ3v) is 3.58. The van der Waals surface area contributed by atoms with Crippen LogP contribution in [0.1, 0.15) is 10.5 Å². The first-order valence-corrected chi connectivity index (χ1v) is 6.49. The summed E-state index contributed by atoms with van der Waals surface area (Å²) < 4.78 is 0.909. The number of carbonyl (C=O) groups is 1. The van der Waals surface area contributed by atoms with Gasteiger partial charge in [-0.1, -0.05) is 22.9 Å². The van der Waals surface area contributed by atoms with Crippen LogP contribution in [0, 0.1) is 0 Å². The van der Waals surface area contributed by atoms with Crippen LogP contribution in [0.5, 0.6) is 0 Å². The van der Waals surface area contributed by atoms with Gasteiger partial charge in [-0.15, -0.1) is 0 Å². The zero-order valence-electron chi connectivity index (χ0n) is 9.48. The average molecular weight is 294 g/mol. The number of halogens is 1. The molecule has 96 valence electrons. The average Bonchev–Trinajstić information content (AvgIpc) is 2.94. The van der Waals surface area contributed by atoms with E-state index >= 15 is 0 Å². The Morgan fingerprint density at radius 2 is 2.26 bits per heavy atom. The molecule has 6 nitrogen and oxygen atoms in total. The van der Waals surface area contributed by atoms with Crippen LogP contribution < -0.4 is 11.1 Å². The summed E-state index contributed by atoms with van der Waals surface area (Å²) in [7, 11) is 0. The van der Waals surface area contributed by atoms with Gasteiger partial charge < -0.3 is 5.73 Å². The quantitative estimate of drug-likeness (QED) is 0.676. The molecular weight excluding hydrogens is 286 g/mol. The van der Waals surface area contributed by atoms with Gasteiger partial charge in [-0.2, -0.15) is 5.10 Å². The number of rotatable bonds is 2. The summed E-state index contributed by atoms with van der Waals surface area (Å²) in [6.07, 6.45) is 0. The molecule has 3 rings (SSSR count). The van der Waals surface area contributed by atoms with Crippen LogP contribution >= 0.6 is 22.9 Å². The van der Waals surface area contributed by atoms with Crippen molar-refractivity contribution in [1.82, 2.24) is 15.2 Å². The van der Waals surface area contributed by atoms with Crippen LogP contribution in [0.25, 0.3) is 10.2 Å². The first-order valence-electron chi connectivity index (χ1n) is 5.30. The van der Waals surface area contributed by atoms with Gasteiger partial charge >= 0.3 is 0 Å². The maximum atomic E-state index is 11.9. The second-order valence-electron chi connectivity index (χ2n) is 3.79. The monoisotopic (exact) mass is 293 g/mol. The van der Waals surface area contributed by atoms with Crippen molar-refractivity contribution in [2.75, 3.05) is 11.1 Å². The van der Waals surface area contributed by atoms with E-state index in [-0.39, 0.29) is 17.4 Å². The van der Waals surface area contributed by atoms with Gasteiger partial charge in [-0.05, 0) is 18.2 Å². The molecular formula is C11H8ClN5OS. The lowest BCUT2D eigenvalue weighted by atomic mass is 10.3. The van der Waals surface area contributed by atoms with Crippen molar-refractivity contribution in [1.29, 1.82) is 0 Å². The number of nitrogens with two attached hydrogens (primary N) is 1. The maximum Gasteiger partial charge on any atom is 0.275 e. The van der Waals surface area contributed by atoms with Crippen LogP contribution in [0.15, 0.2) is 24.3 Å². The number of benzene rings is 1. The number of hydrogen-bond donors (Lipinski definition) is 3. The molecule has 8 heteroatoms. The molecule has 1 aromatic carbocycles. The minimum atomic E-state index is -0.339. The highest BCUT2D eigenvalue weighted by Crippen LogP contribution is 2.28. The minimum Gasteiger partial charge on any atom is -0.382 e. The lowest BCUT2D eigenvalue weighted by molar-refractivity contribution is 0.102. The molecule has 0 fully saturated rings. The molecule has 19 heavy (non-hydrogen) atoms. The third-order valence-electron chi connectivity index (χ3n) is 2.41. The van der Waals surface area contributed by atoms with Gasteiger partial charge in [0.05, 0.1) is 10.2 Å². The summed E-state index contributed by atoms with van der Waals surface area (Å²) in [5, 5.41) is 10.0. The molecule has 0 saturated heterocycles. The van der Waals surface area contributed by atoms with Crippen LogP contribution in [0.3, 0.4) is 0 Å². The molecule has 0 bridgehead atoms. The van der Waals surface area contributed by atoms with Crippen molar-refractivity contribution >= 4 is 50.0 Å². The van der Waals surface area contributed by atoms with Crippen molar-refractivity contribution in [2.45, 2.75) is 0 Å². The highest BCUT2D eigenvalue weighted by atomic mass is 35.5. The fourth-order valence-corrected chi connectivity index (χ4v) is 2.71. The molecule has 0 aliphatic rings. The summed E-state index contributed by atoms with van der Waals surface area (Å²) in [6.45, 7) is 0. The number of fused-ring (bicyclic) bond motifs is 1. The number of nitrogens with zero attached hydrogens (tertiary/aromatic N) is 2. The number of H-pyrrole nitrogens is 1. The Morgan fingerprint density at radius 3 is 3.00 bits per heavy atom. The number of anilines is 2. The Labute approximate surface area is 116 Å². The highest BCUT2D eigenvalue weighted by Gasteiger charge is 2.12. The largest absolute Gasteiger partial charge is 0.382 e. The first kappa shape index (κ1) is 11.9. The highest BCUT2D eigenvalue weighted by molar-refractivity contribution is 7.22. The van der Waals surface area contributed by atoms with Crippen molar-refractivity contribution in [2.24, 2.45) is 0 Å². The Bertz CT molecular complexity index is 765. The molecule has 0 atom stereocenters. The SMILES string of the molecule is Nc1cc(C(=O)Nc2nc3ccc(Cl)cc3s2)[nH]n1. The first-order chi connectivity index (χ1) is 9.11. The zero-order chi connectivity index (χ0) is 13.4.